The highest BCUT2D eigenvalue weighted by molar-refractivity contribution is 7.91. The maximum atomic E-state index is 13.4. The van der Waals surface area contributed by atoms with Crippen LogP contribution >= 0.6 is 12.4 Å². The van der Waals surface area contributed by atoms with Gasteiger partial charge in [0, 0.05) is 42.7 Å². The average Bonchev–Trinajstić information content (AvgIpc) is 3.20. The summed E-state index contributed by atoms with van der Waals surface area (Å²) in [7, 11) is 0.0378. The zero-order valence-electron chi connectivity index (χ0n) is 16.7. The molecule has 3 heterocycles. The van der Waals surface area contributed by atoms with Gasteiger partial charge in [-0.2, -0.15) is 0 Å². The van der Waals surface area contributed by atoms with Crippen molar-refractivity contribution >= 4 is 33.1 Å². The molecule has 29 heavy (non-hydrogen) atoms. The average molecular weight is 433 g/mol. The SMILES string of the molecule is COc1cc(S(=O)(=O)c2cccc(C)c2)cc2c3c(n(C)c12)CC1CCC3N1.Cl. The summed E-state index contributed by atoms with van der Waals surface area (Å²) in [5.74, 6) is 0.608. The first-order valence-corrected chi connectivity index (χ1v) is 11.2. The Morgan fingerprint density at radius 3 is 2.66 bits per heavy atom. The van der Waals surface area contributed by atoms with E-state index in [0.717, 1.165) is 29.3 Å². The number of hydrogen-bond donors (Lipinski definition) is 1. The maximum Gasteiger partial charge on any atom is 0.206 e. The van der Waals surface area contributed by atoms with Gasteiger partial charge in [0.15, 0.2) is 0 Å². The summed E-state index contributed by atoms with van der Waals surface area (Å²) >= 11 is 0. The highest BCUT2D eigenvalue weighted by Gasteiger charge is 2.37. The van der Waals surface area contributed by atoms with Gasteiger partial charge in [-0.1, -0.05) is 12.1 Å². The van der Waals surface area contributed by atoms with E-state index in [-0.39, 0.29) is 17.3 Å². The fourth-order valence-electron chi connectivity index (χ4n) is 4.91. The first-order chi connectivity index (χ1) is 13.4. The van der Waals surface area contributed by atoms with Gasteiger partial charge in [0.2, 0.25) is 9.84 Å². The van der Waals surface area contributed by atoms with Crippen molar-refractivity contribution in [3.05, 3.63) is 53.2 Å². The number of hydrogen-bond acceptors (Lipinski definition) is 4. The van der Waals surface area contributed by atoms with Crippen molar-refractivity contribution in [2.45, 2.75) is 48.1 Å². The molecule has 0 aliphatic carbocycles. The maximum absolute atomic E-state index is 13.4. The number of halogens is 1. The number of ether oxygens (including phenoxy) is 1. The van der Waals surface area contributed by atoms with Crippen LogP contribution in [0.5, 0.6) is 5.75 Å². The molecule has 5 nitrogen and oxygen atoms in total. The van der Waals surface area contributed by atoms with E-state index in [2.05, 4.69) is 16.9 Å². The molecule has 7 heteroatoms. The molecular weight excluding hydrogens is 408 g/mol. The molecule has 0 radical (unpaired) electrons. The number of benzene rings is 2. The van der Waals surface area contributed by atoms with Crippen LogP contribution in [0.4, 0.5) is 0 Å². The lowest BCUT2D eigenvalue weighted by Crippen LogP contribution is -2.32. The fraction of sp³-hybridized carbons (Fsp3) is 0.364. The van der Waals surface area contributed by atoms with Crippen molar-refractivity contribution in [1.29, 1.82) is 0 Å². The summed E-state index contributed by atoms with van der Waals surface area (Å²) in [6, 6.07) is 11.4. The summed E-state index contributed by atoms with van der Waals surface area (Å²) in [6.45, 7) is 1.90. The molecule has 5 rings (SSSR count). The van der Waals surface area contributed by atoms with Gasteiger partial charge in [-0.05, 0) is 49.1 Å². The van der Waals surface area contributed by atoms with Gasteiger partial charge < -0.3 is 14.6 Å². The first kappa shape index (κ1) is 20.3. The Labute approximate surface area is 177 Å². The molecule has 0 amide bonds. The third-order valence-electron chi connectivity index (χ3n) is 6.25. The number of nitrogens with one attached hydrogen (secondary N) is 1. The lowest BCUT2D eigenvalue weighted by Gasteiger charge is -2.23. The van der Waals surface area contributed by atoms with Crippen molar-refractivity contribution in [2.24, 2.45) is 7.05 Å². The lowest BCUT2D eigenvalue weighted by atomic mass is 9.99. The molecule has 1 fully saturated rings. The van der Waals surface area contributed by atoms with Crippen molar-refractivity contribution in [1.82, 2.24) is 9.88 Å². The Balaban J connectivity index is 0.00000205. The number of fused-ring (bicyclic) bond motifs is 6. The molecule has 1 saturated heterocycles. The lowest BCUT2D eigenvalue weighted by molar-refractivity contribution is 0.416. The third kappa shape index (κ3) is 2.97. The minimum Gasteiger partial charge on any atom is -0.495 e. The fourth-order valence-corrected chi connectivity index (χ4v) is 6.32. The normalized spacial score (nSPS) is 20.4. The van der Waals surface area contributed by atoms with E-state index in [1.165, 1.54) is 17.7 Å². The van der Waals surface area contributed by atoms with Crippen LogP contribution in [0.15, 0.2) is 46.2 Å². The molecule has 154 valence electrons. The van der Waals surface area contributed by atoms with Gasteiger partial charge in [0.25, 0.3) is 0 Å². The van der Waals surface area contributed by atoms with Gasteiger partial charge in [-0.25, -0.2) is 8.42 Å². The molecule has 2 aromatic carbocycles. The highest BCUT2D eigenvalue weighted by Crippen LogP contribution is 2.44. The summed E-state index contributed by atoms with van der Waals surface area (Å²) in [5.41, 5.74) is 4.44. The second-order valence-corrected chi connectivity index (χ2v) is 9.91. The van der Waals surface area contributed by atoms with E-state index in [9.17, 15) is 8.42 Å². The minimum atomic E-state index is -3.63. The molecule has 0 saturated carbocycles. The highest BCUT2D eigenvalue weighted by atomic mass is 35.5. The largest absolute Gasteiger partial charge is 0.495 e. The van der Waals surface area contributed by atoms with E-state index < -0.39 is 9.84 Å². The standard InChI is InChI=1S/C22H24N2O3S.ClH/c1-13-5-4-6-15(9-13)28(25,26)16-11-17-21-18-8-7-14(23-18)10-19(21)24(2)22(17)20(12-16)27-3;/h4-6,9,11-12,14,18,23H,7-8,10H2,1-3H3;1H. The van der Waals surface area contributed by atoms with Crippen LogP contribution in [0.25, 0.3) is 10.9 Å². The van der Waals surface area contributed by atoms with Crippen molar-refractivity contribution in [3.63, 3.8) is 0 Å². The number of sulfone groups is 1. The Morgan fingerprint density at radius 2 is 1.93 bits per heavy atom. The van der Waals surface area contributed by atoms with E-state index in [1.54, 1.807) is 31.4 Å². The number of methoxy groups -OCH3 is 1. The molecule has 2 atom stereocenters. The second-order valence-electron chi connectivity index (χ2n) is 7.96. The third-order valence-corrected chi connectivity index (χ3v) is 7.98. The molecule has 2 bridgehead atoms. The van der Waals surface area contributed by atoms with Gasteiger partial charge >= 0.3 is 0 Å². The molecule has 0 spiro atoms. The predicted molar refractivity (Wildman–Crippen MR) is 116 cm³/mol. The van der Waals surface area contributed by atoms with Crippen LogP contribution in [0, 0.1) is 6.92 Å². The number of rotatable bonds is 3. The van der Waals surface area contributed by atoms with Gasteiger partial charge in [-0.15, -0.1) is 12.4 Å². The van der Waals surface area contributed by atoms with E-state index >= 15 is 0 Å². The van der Waals surface area contributed by atoms with Crippen LogP contribution in [-0.4, -0.2) is 26.1 Å². The Bertz CT molecular complexity index is 1220. The number of nitrogens with zero attached hydrogens (tertiary/aromatic N) is 1. The monoisotopic (exact) mass is 432 g/mol. The van der Waals surface area contributed by atoms with Crippen LogP contribution in [0.2, 0.25) is 0 Å². The van der Waals surface area contributed by atoms with Gasteiger partial charge in [0.1, 0.15) is 5.75 Å². The minimum absolute atomic E-state index is 0. The van der Waals surface area contributed by atoms with E-state index in [0.29, 0.717) is 22.7 Å². The van der Waals surface area contributed by atoms with E-state index in [1.807, 2.05) is 19.1 Å². The van der Waals surface area contributed by atoms with Crippen molar-refractivity contribution < 1.29 is 13.2 Å². The topological polar surface area (TPSA) is 60.3 Å². The molecule has 2 aliphatic heterocycles. The molecule has 2 unspecified atom stereocenters. The molecule has 1 N–H and O–H groups in total. The zero-order chi connectivity index (χ0) is 19.6. The Morgan fingerprint density at radius 1 is 1.14 bits per heavy atom. The van der Waals surface area contributed by atoms with Crippen LogP contribution in [-0.2, 0) is 23.3 Å². The van der Waals surface area contributed by atoms with Crippen molar-refractivity contribution in [2.75, 3.05) is 7.11 Å². The van der Waals surface area contributed by atoms with Gasteiger partial charge in [0.05, 0.1) is 22.4 Å². The second kappa shape index (κ2) is 7.04. The van der Waals surface area contributed by atoms with Crippen molar-refractivity contribution in [3.8, 4) is 5.75 Å². The van der Waals surface area contributed by atoms with Crippen LogP contribution < -0.4 is 10.1 Å². The zero-order valence-corrected chi connectivity index (χ0v) is 18.4. The smallest absolute Gasteiger partial charge is 0.206 e. The number of aryl methyl sites for hydroxylation is 2. The Kier molecular flexibility index (Phi) is 4.92. The predicted octanol–water partition coefficient (Wildman–Crippen LogP) is 4.10. The van der Waals surface area contributed by atoms with Crippen LogP contribution in [0.1, 0.15) is 35.7 Å². The Hall–Kier alpha value is -2.02. The molecule has 3 aromatic rings. The molecular formula is C22H25ClN2O3S. The van der Waals surface area contributed by atoms with E-state index in [4.69, 9.17) is 4.74 Å². The summed E-state index contributed by atoms with van der Waals surface area (Å²) in [5, 5.41) is 4.67. The summed E-state index contributed by atoms with van der Waals surface area (Å²) < 4.78 is 34.6. The van der Waals surface area contributed by atoms with Crippen LogP contribution in [0.3, 0.4) is 0 Å². The molecule has 2 aliphatic rings. The first-order valence-electron chi connectivity index (χ1n) is 9.67. The number of aromatic nitrogens is 1. The van der Waals surface area contributed by atoms with Gasteiger partial charge in [-0.3, -0.25) is 0 Å². The quantitative estimate of drug-likeness (QED) is 0.676. The summed E-state index contributed by atoms with van der Waals surface area (Å²) in [6.07, 6.45) is 3.23. The summed E-state index contributed by atoms with van der Waals surface area (Å²) in [4.78, 5) is 0.605. The molecule has 1 aromatic heterocycles.